The molecule has 0 unspecified atom stereocenters. The molecule has 0 aliphatic carbocycles. The number of amides is 1. The molecule has 25 heavy (non-hydrogen) atoms. The highest BCUT2D eigenvalue weighted by atomic mass is 16.1. The van der Waals surface area contributed by atoms with E-state index in [9.17, 15) is 4.79 Å². The van der Waals surface area contributed by atoms with Crippen LogP contribution < -0.4 is 10.2 Å². The number of aromatic nitrogens is 4. The molecule has 0 radical (unpaired) electrons. The van der Waals surface area contributed by atoms with Crippen LogP contribution in [0.15, 0.2) is 30.3 Å². The Hall–Kier alpha value is -2.44. The highest BCUT2D eigenvalue weighted by Gasteiger charge is 2.27. The summed E-state index contributed by atoms with van der Waals surface area (Å²) in [7, 11) is 0. The van der Waals surface area contributed by atoms with Crippen LogP contribution in [0.4, 0.5) is 5.95 Å². The number of carbonyl (C=O) groups is 1. The van der Waals surface area contributed by atoms with Crippen LogP contribution in [-0.2, 0) is 4.79 Å². The van der Waals surface area contributed by atoms with Gasteiger partial charge in [-0.05, 0) is 47.7 Å². The molecule has 7 nitrogen and oxygen atoms in total. The molecule has 2 heterocycles. The summed E-state index contributed by atoms with van der Waals surface area (Å²) in [5, 5.41) is 15.2. The van der Waals surface area contributed by atoms with E-state index in [1.54, 1.807) is 4.68 Å². The van der Waals surface area contributed by atoms with E-state index in [1.165, 1.54) is 0 Å². The Morgan fingerprint density at radius 1 is 1.24 bits per heavy atom. The quantitative estimate of drug-likeness (QED) is 0.869. The maximum atomic E-state index is 12.3. The van der Waals surface area contributed by atoms with E-state index in [4.69, 9.17) is 0 Å². The van der Waals surface area contributed by atoms with Gasteiger partial charge in [-0.1, -0.05) is 37.1 Å². The first-order chi connectivity index (χ1) is 12.1. The van der Waals surface area contributed by atoms with Gasteiger partial charge in [-0.15, -0.1) is 0 Å². The van der Waals surface area contributed by atoms with E-state index < -0.39 is 0 Å². The van der Waals surface area contributed by atoms with Crippen molar-refractivity contribution in [1.29, 1.82) is 0 Å². The van der Waals surface area contributed by atoms with Gasteiger partial charge in [0.15, 0.2) is 0 Å². The van der Waals surface area contributed by atoms with Gasteiger partial charge in [0.1, 0.15) is 0 Å². The summed E-state index contributed by atoms with van der Waals surface area (Å²) in [6.45, 7) is 6.68. The average molecular weight is 342 g/mol. The van der Waals surface area contributed by atoms with Crippen molar-refractivity contribution < 1.29 is 4.79 Å². The molecule has 1 amide bonds. The van der Waals surface area contributed by atoms with Crippen LogP contribution >= 0.6 is 0 Å². The Labute approximate surface area is 148 Å². The second kappa shape index (κ2) is 8.09. The van der Waals surface area contributed by atoms with E-state index in [-0.39, 0.29) is 11.8 Å². The smallest absolute Gasteiger partial charge is 0.250 e. The zero-order valence-electron chi connectivity index (χ0n) is 14.9. The van der Waals surface area contributed by atoms with Crippen molar-refractivity contribution in [3.8, 4) is 5.69 Å². The average Bonchev–Trinajstić information content (AvgIpc) is 3.12. The van der Waals surface area contributed by atoms with Gasteiger partial charge in [0, 0.05) is 25.6 Å². The Kier molecular flexibility index (Phi) is 5.63. The molecule has 1 aliphatic heterocycles. The minimum Gasteiger partial charge on any atom is -0.356 e. The number of hydrogen-bond acceptors (Lipinski definition) is 5. The van der Waals surface area contributed by atoms with Crippen molar-refractivity contribution in [2.45, 2.75) is 33.1 Å². The number of para-hydroxylation sites is 1. The standard InChI is InChI=1S/C18H26N6O/c1-14(2)8-11-19-17(25)15-9-12-23(13-10-15)18-20-21-22-24(18)16-6-4-3-5-7-16/h3-7,14-15H,8-13H2,1-2H3,(H,19,25). The van der Waals surface area contributed by atoms with Crippen molar-refractivity contribution in [3.63, 3.8) is 0 Å². The molecular weight excluding hydrogens is 316 g/mol. The fraction of sp³-hybridized carbons (Fsp3) is 0.556. The lowest BCUT2D eigenvalue weighted by molar-refractivity contribution is -0.125. The van der Waals surface area contributed by atoms with E-state index in [2.05, 4.69) is 39.6 Å². The van der Waals surface area contributed by atoms with Gasteiger partial charge in [-0.2, -0.15) is 4.68 Å². The van der Waals surface area contributed by atoms with Crippen LogP contribution in [0.1, 0.15) is 33.1 Å². The van der Waals surface area contributed by atoms with Crippen molar-refractivity contribution in [1.82, 2.24) is 25.5 Å². The molecule has 134 valence electrons. The van der Waals surface area contributed by atoms with E-state index in [1.807, 2.05) is 30.3 Å². The number of tetrazole rings is 1. The van der Waals surface area contributed by atoms with Crippen molar-refractivity contribution in [2.75, 3.05) is 24.5 Å². The van der Waals surface area contributed by atoms with Crippen LogP contribution in [0.5, 0.6) is 0 Å². The summed E-state index contributed by atoms with van der Waals surface area (Å²) >= 11 is 0. The molecule has 0 spiro atoms. The Bertz CT molecular complexity index is 676. The molecule has 1 aromatic carbocycles. The van der Waals surface area contributed by atoms with Gasteiger partial charge in [0.05, 0.1) is 5.69 Å². The maximum Gasteiger partial charge on any atom is 0.250 e. The second-order valence-electron chi connectivity index (χ2n) is 6.96. The monoisotopic (exact) mass is 342 g/mol. The fourth-order valence-electron chi connectivity index (χ4n) is 3.09. The molecule has 0 saturated carbocycles. The van der Waals surface area contributed by atoms with Crippen LogP contribution in [0.3, 0.4) is 0 Å². The van der Waals surface area contributed by atoms with E-state index in [0.29, 0.717) is 5.92 Å². The number of rotatable bonds is 6. The summed E-state index contributed by atoms with van der Waals surface area (Å²) in [6, 6.07) is 9.86. The number of carbonyl (C=O) groups excluding carboxylic acids is 1. The minimum atomic E-state index is 0.0875. The van der Waals surface area contributed by atoms with Gasteiger partial charge in [-0.25, -0.2) is 0 Å². The number of benzene rings is 1. The van der Waals surface area contributed by atoms with Crippen molar-refractivity contribution in [2.24, 2.45) is 11.8 Å². The van der Waals surface area contributed by atoms with Gasteiger partial charge < -0.3 is 10.2 Å². The Balaban J connectivity index is 1.57. The van der Waals surface area contributed by atoms with Gasteiger partial charge in [0.25, 0.3) is 0 Å². The molecule has 1 fully saturated rings. The van der Waals surface area contributed by atoms with Crippen molar-refractivity contribution in [3.05, 3.63) is 30.3 Å². The van der Waals surface area contributed by atoms with Crippen LogP contribution in [0.25, 0.3) is 5.69 Å². The summed E-state index contributed by atoms with van der Waals surface area (Å²) in [6.07, 6.45) is 2.68. The lowest BCUT2D eigenvalue weighted by atomic mass is 9.96. The number of piperidine rings is 1. The first-order valence-corrected chi connectivity index (χ1v) is 9.01. The molecule has 1 saturated heterocycles. The SMILES string of the molecule is CC(C)CCNC(=O)C1CCN(c2nnnn2-c2ccccc2)CC1. The second-order valence-corrected chi connectivity index (χ2v) is 6.96. The minimum absolute atomic E-state index is 0.0875. The van der Waals surface area contributed by atoms with E-state index in [0.717, 1.165) is 50.5 Å². The number of anilines is 1. The Morgan fingerprint density at radius 2 is 1.96 bits per heavy atom. The third kappa shape index (κ3) is 4.35. The number of nitrogens with one attached hydrogen (secondary N) is 1. The molecule has 2 aromatic rings. The van der Waals surface area contributed by atoms with Gasteiger partial charge >= 0.3 is 0 Å². The Morgan fingerprint density at radius 3 is 2.64 bits per heavy atom. The first kappa shape index (κ1) is 17.4. The summed E-state index contributed by atoms with van der Waals surface area (Å²) in [4.78, 5) is 14.4. The van der Waals surface area contributed by atoms with Gasteiger partial charge in [0.2, 0.25) is 11.9 Å². The molecule has 0 bridgehead atoms. The molecule has 3 rings (SSSR count). The zero-order chi connectivity index (χ0) is 17.6. The van der Waals surface area contributed by atoms with Crippen LogP contribution in [0.2, 0.25) is 0 Å². The summed E-state index contributed by atoms with van der Waals surface area (Å²) in [5.41, 5.74) is 0.941. The predicted octanol–water partition coefficient (Wildman–Crippen LogP) is 2.04. The highest BCUT2D eigenvalue weighted by molar-refractivity contribution is 5.78. The fourth-order valence-corrected chi connectivity index (χ4v) is 3.09. The molecule has 1 aliphatic rings. The molecule has 1 N–H and O–H groups in total. The van der Waals surface area contributed by atoms with E-state index >= 15 is 0 Å². The molecule has 1 aromatic heterocycles. The normalized spacial score (nSPS) is 15.6. The topological polar surface area (TPSA) is 75.9 Å². The van der Waals surface area contributed by atoms with Crippen molar-refractivity contribution >= 4 is 11.9 Å². The zero-order valence-corrected chi connectivity index (χ0v) is 14.9. The largest absolute Gasteiger partial charge is 0.356 e. The third-order valence-electron chi connectivity index (χ3n) is 4.62. The molecule has 0 atom stereocenters. The number of nitrogens with zero attached hydrogens (tertiary/aromatic N) is 5. The third-order valence-corrected chi connectivity index (χ3v) is 4.62. The summed E-state index contributed by atoms with van der Waals surface area (Å²) < 4.78 is 1.75. The lowest BCUT2D eigenvalue weighted by Crippen LogP contribution is -2.41. The first-order valence-electron chi connectivity index (χ1n) is 9.01. The van der Waals surface area contributed by atoms with Crippen LogP contribution in [0, 0.1) is 11.8 Å². The maximum absolute atomic E-state index is 12.3. The highest BCUT2D eigenvalue weighted by Crippen LogP contribution is 2.23. The molecule has 7 heteroatoms. The van der Waals surface area contributed by atoms with Gasteiger partial charge in [-0.3, -0.25) is 4.79 Å². The lowest BCUT2D eigenvalue weighted by Gasteiger charge is -2.31. The predicted molar refractivity (Wildman–Crippen MR) is 96.6 cm³/mol. The summed E-state index contributed by atoms with van der Waals surface area (Å²) in [5.74, 6) is 1.62. The van der Waals surface area contributed by atoms with Crippen LogP contribution in [-0.4, -0.2) is 45.7 Å². The number of hydrogen-bond donors (Lipinski definition) is 1. The molecular formula is C18H26N6O.